The van der Waals surface area contributed by atoms with Crippen molar-refractivity contribution < 1.29 is 19.5 Å². The minimum Gasteiger partial charge on any atom is -0.481 e. The Labute approximate surface area is 112 Å². The molecule has 108 valence electrons. The number of nitrogens with one attached hydrogen (secondary N) is 1. The van der Waals surface area contributed by atoms with Crippen molar-refractivity contribution >= 4 is 17.9 Å². The molecule has 0 aromatic rings. The molecule has 1 rings (SSSR count). The Morgan fingerprint density at radius 2 is 1.68 bits per heavy atom. The lowest BCUT2D eigenvalue weighted by Gasteiger charge is -2.34. The topological polar surface area (TPSA) is 90.0 Å². The van der Waals surface area contributed by atoms with Crippen molar-refractivity contribution in [1.29, 1.82) is 0 Å². The number of aliphatic carboxylic acids is 1. The highest BCUT2D eigenvalue weighted by Crippen LogP contribution is 2.04. The van der Waals surface area contributed by atoms with Gasteiger partial charge in [-0.3, -0.25) is 9.59 Å². The number of carbonyl (C=O) groups excluding carboxylic acids is 2. The summed E-state index contributed by atoms with van der Waals surface area (Å²) in [5.74, 6) is -1.44. The molecule has 3 amide bonds. The van der Waals surface area contributed by atoms with Crippen LogP contribution in [0.25, 0.3) is 0 Å². The predicted molar refractivity (Wildman–Crippen MR) is 68.6 cm³/mol. The normalized spacial score (nSPS) is 16.9. The smallest absolute Gasteiger partial charge is 0.317 e. The van der Waals surface area contributed by atoms with Gasteiger partial charge in [0.2, 0.25) is 5.91 Å². The summed E-state index contributed by atoms with van der Waals surface area (Å²) in [7, 11) is 0. The first-order valence-corrected chi connectivity index (χ1v) is 6.46. The lowest BCUT2D eigenvalue weighted by Crippen LogP contribution is -2.53. The van der Waals surface area contributed by atoms with Crippen LogP contribution >= 0.6 is 0 Å². The van der Waals surface area contributed by atoms with Gasteiger partial charge in [0.05, 0.1) is 5.92 Å². The van der Waals surface area contributed by atoms with Gasteiger partial charge in [0.1, 0.15) is 0 Å². The first-order chi connectivity index (χ1) is 8.95. The average Bonchev–Trinajstić information content (AvgIpc) is 2.38. The van der Waals surface area contributed by atoms with Gasteiger partial charge >= 0.3 is 12.0 Å². The van der Waals surface area contributed by atoms with Crippen molar-refractivity contribution in [2.45, 2.75) is 20.3 Å². The highest BCUT2D eigenvalue weighted by atomic mass is 16.4. The number of rotatable bonds is 4. The van der Waals surface area contributed by atoms with Crippen molar-refractivity contribution in [3.05, 3.63) is 0 Å². The molecule has 1 unspecified atom stereocenters. The van der Waals surface area contributed by atoms with Gasteiger partial charge in [0, 0.05) is 39.6 Å². The summed E-state index contributed by atoms with van der Waals surface area (Å²) in [6, 6.07) is -0.261. The van der Waals surface area contributed by atoms with Crippen LogP contribution in [0, 0.1) is 5.92 Å². The van der Waals surface area contributed by atoms with Crippen molar-refractivity contribution in [3.8, 4) is 0 Å². The Morgan fingerprint density at radius 3 is 2.11 bits per heavy atom. The molecular weight excluding hydrogens is 250 g/mol. The number of hydrogen-bond acceptors (Lipinski definition) is 3. The zero-order valence-electron chi connectivity index (χ0n) is 11.4. The summed E-state index contributed by atoms with van der Waals surface area (Å²) in [6.07, 6.45) is 0.480. The summed E-state index contributed by atoms with van der Waals surface area (Å²) < 4.78 is 0. The number of carboxylic acids is 1. The number of nitrogens with zero attached hydrogens (tertiary/aromatic N) is 2. The number of hydrogen-bond donors (Lipinski definition) is 2. The van der Waals surface area contributed by atoms with Gasteiger partial charge in [0.15, 0.2) is 0 Å². The summed E-state index contributed by atoms with van der Waals surface area (Å²) in [5.41, 5.74) is 0. The summed E-state index contributed by atoms with van der Waals surface area (Å²) >= 11 is 0. The van der Waals surface area contributed by atoms with E-state index in [4.69, 9.17) is 5.11 Å². The highest BCUT2D eigenvalue weighted by molar-refractivity contribution is 5.77. The van der Waals surface area contributed by atoms with E-state index >= 15 is 0 Å². The SMILES string of the molecule is CCC(CNC(=O)N1CCN(C(C)=O)CC1)C(=O)O. The third-order valence-corrected chi connectivity index (χ3v) is 3.35. The largest absolute Gasteiger partial charge is 0.481 e. The van der Waals surface area contributed by atoms with Crippen LogP contribution in [0.2, 0.25) is 0 Å². The predicted octanol–water partition coefficient (Wildman–Crippen LogP) is -0.0291. The second-order valence-electron chi connectivity index (χ2n) is 4.62. The third-order valence-electron chi connectivity index (χ3n) is 3.35. The molecule has 7 heteroatoms. The van der Waals surface area contributed by atoms with Crippen LogP contribution < -0.4 is 5.32 Å². The lowest BCUT2D eigenvalue weighted by atomic mass is 10.1. The standard InChI is InChI=1S/C12H21N3O4/c1-3-10(11(17)18)8-13-12(19)15-6-4-14(5-7-15)9(2)16/h10H,3-8H2,1-2H3,(H,13,19)(H,17,18). The number of piperazine rings is 1. The van der Waals surface area contributed by atoms with Gasteiger partial charge in [-0.05, 0) is 6.42 Å². The molecule has 0 saturated carbocycles. The van der Waals surface area contributed by atoms with Gasteiger partial charge < -0.3 is 20.2 Å². The molecule has 0 aliphatic carbocycles. The van der Waals surface area contributed by atoms with E-state index in [-0.39, 0.29) is 18.5 Å². The molecule has 0 spiro atoms. The Kier molecular flexibility index (Phi) is 5.59. The second kappa shape index (κ2) is 6.96. The summed E-state index contributed by atoms with van der Waals surface area (Å²) in [6.45, 7) is 5.44. The van der Waals surface area contributed by atoms with E-state index in [0.29, 0.717) is 32.6 Å². The number of amides is 3. The Hall–Kier alpha value is -1.79. The lowest BCUT2D eigenvalue weighted by molar-refractivity contribution is -0.141. The van der Waals surface area contributed by atoms with Crippen LogP contribution in [-0.4, -0.2) is 65.5 Å². The van der Waals surface area contributed by atoms with Crippen molar-refractivity contribution in [2.75, 3.05) is 32.7 Å². The van der Waals surface area contributed by atoms with Crippen LogP contribution in [-0.2, 0) is 9.59 Å². The van der Waals surface area contributed by atoms with Gasteiger partial charge in [-0.15, -0.1) is 0 Å². The fourth-order valence-electron chi connectivity index (χ4n) is 1.95. The first kappa shape index (κ1) is 15.3. The van der Waals surface area contributed by atoms with Crippen molar-refractivity contribution in [3.63, 3.8) is 0 Å². The zero-order valence-corrected chi connectivity index (χ0v) is 11.4. The molecule has 0 aromatic heterocycles. The van der Waals surface area contributed by atoms with Gasteiger partial charge in [0.25, 0.3) is 0 Å². The summed E-state index contributed by atoms with van der Waals surface area (Å²) in [4.78, 5) is 37.1. The van der Waals surface area contributed by atoms with E-state index in [1.807, 2.05) is 0 Å². The molecule has 1 atom stereocenters. The minimum atomic E-state index is -0.899. The van der Waals surface area contributed by atoms with E-state index in [1.165, 1.54) is 6.92 Å². The van der Waals surface area contributed by atoms with E-state index in [9.17, 15) is 14.4 Å². The molecule has 1 fully saturated rings. The van der Waals surface area contributed by atoms with E-state index in [1.54, 1.807) is 16.7 Å². The maximum Gasteiger partial charge on any atom is 0.317 e. The van der Waals surface area contributed by atoms with E-state index in [2.05, 4.69) is 5.32 Å². The molecule has 1 aliphatic heterocycles. The maximum absolute atomic E-state index is 11.8. The Bertz CT molecular complexity index is 351. The monoisotopic (exact) mass is 271 g/mol. The van der Waals surface area contributed by atoms with Crippen LogP contribution in [0.15, 0.2) is 0 Å². The minimum absolute atomic E-state index is 0.0111. The molecule has 1 heterocycles. The third kappa shape index (κ3) is 4.42. The fourth-order valence-corrected chi connectivity index (χ4v) is 1.95. The molecule has 0 radical (unpaired) electrons. The molecular formula is C12H21N3O4. The molecule has 7 nitrogen and oxygen atoms in total. The molecule has 1 saturated heterocycles. The highest BCUT2D eigenvalue weighted by Gasteiger charge is 2.23. The van der Waals surface area contributed by atoms with Gasteiger partial charge in [-0.1, -0.05) is 6.92 Å². The van der Waals surface area contributed by atoms with Crippen LogP contribution in [0.5, 0.6) is 0 Å². The first-order valence-electron chi connectivity index (χ1n) is 6.46. The van der Waals surface area contributed by atoms with Crippen molar-refractivity contribution in [1.82, 2.24) is 15.1 Å². The fraction of sp³-hybridized carbons (Fsp3) is 0.750. The number of urea groups is 1. The molecule has 0 aromatic carbocycles. The number of carbonyl (C=O) groups is 3. The molecule has 1 aliphatic rings. The van der Waals surface area contributed by atoms with E-state index < -0.39 is 11.9 Å². The van der Waals surface area contributed by atoms with Crippen molar-refractivity contribution in [2.24, 2.45) is 5.92 Å². The Balaban J connectivity index is 2.35. The quantitative estimate of drug-likeness (QED) is 0.751. The second-order valence-corrected chi connectivity index (χ2v) is 4.62. The van der Waals surface area contributed by atoms with Gasteiger partial charge in [-0.25, -0.2) is 4.79 Å². The van der Waals surface area contributed by atoms with Crippen LogP contribution in [0.3, 0.4) is 0 Å². The molecule has 2 N–H and O–H groups in total. The van der Waals surface area contributed by atoms with Crippen LogP contribution in [0.4, 0.5) is 4.79 Å². The zero-order chi connectivity index (χ0) is 14.4. The Morgan fingerprint density at radius 1 is 1.16 bits per heavy atom. The van der Waals surface area contributed by atoms with E-state index in [0.717, 1.165) is 0 Å². The number of carboxylic acid groups (broad SMARTS) is 1. The van der Waals surface area contributed by atoms with Crippen LogP contribution in [0.1, 0.15) is 20.3 Å². The maximum atomic E-state index is 11.8. The summed E-state index contributed by atoms with van der Waals surface area (Å²) in [5, 5.41) is 11.5. The molecule has 19 heavy (non-hydrogen) atoms. The van der Waals surface area contributed by atoms with Gasteiger partial charge in [-0.2, -0.15) is 0 Å². The molecule has 0 bridgehead atoms. The average molecular weight is 271 g/mol.